The zero-order chi connectivity index (χ0) is 10.7. The van der Waals surface area contributed by atoms with Gasteiger partial charge in [-0.3, -0.25) is 4.99 Å². The fraction of sp³-hybridized carbons (Fsp3) is 0.900. The molecule has 0 radical (unpaired) electrons. The molecule has 0 fully saturated rings. The van der Waals surface area contributed by atoms with Gasteiger partial charge in [0.05, 0.1) is 5.54 Å². The van der Waals surface area contributed by atoms with E-state index in [9.17, 15) is 0 Å². The van der Waals surface area contributed by atoms with Crippen molar-refractivity contribution in [2.45, 2.75) is 52.6 Å². The predicted molar refractivity (Wildman–Crippen MR) is 63.6 cm³/mol. The smallest absolute Gasteiger partial charge is 0.157 e. The van der Waals surface area contributed by atoms with Crippen LogP contribution in [-0.2, 0) is 0 Å². The molecule has 0 saturated heterocycles. The van der Waals surface area contributed by atoms with Gasteiger partial charge in [0.25, 0.3) is 0 Å². The van der Waals surface area contributed by atoms with Gasteiger partial charge in [0.15, 0.2) is 5.17 Å². The van der Waals surface area contributed by atoms with Crippen LogP contribution in [0.2, 0.25) is 0 Å². The molecule has 0 aliphatic heterocycles. The second-order valence-electron chi connectivity index (χ2n) is 5.17. The van der Waals surface area contributed by atoms with Crippen molar-refractivity contribution in [3.05, 3.63) is 0 Å². The average Bonchev–Trinajstić information content (AvgIpc) is 1.79. The van der Waals surface area contributed by atoms with E-state index in [2.05, 4.69) is 51.9 Å². The van der Waals surface area contributed by atoms with Gasteiger partial charge in [-0.15, -0.1) is 0 Å². The third-order valence-electron chi connectivity index (χ3n) is 1.11. The van der Waals surface area contributed by atoms with Gasteiger partial charge in [0, 0.05) is 5.54 Å². The molecule has 0 atom stereocenters. The Labute approximate surface area is 86.6 Å². The Balaban J connectivity index is 4.45. The minimum absolute atomic E-state index is 0.00338. The van der Waals surface area contributed by atoms with Crippen LogP contribution in [0.4, 0.5) is 0 Å². The number of amidine groups is 1. The summed E-state index contributed by atoms with van der Waals surface area (Å²) in [5.41, 5.74) is 0.0870. The second-order valence-corrected chi connectivity index (χ2v) is 5.96. The number of nitrogens with zero attached hydrogens (tertiary/aromatic N) is 1. The third kappa shape index (κ3) is 8.16. The van der Waals surface area contributed by atoms with E-state index in [-0.39, 0.29) is 11.1 Å². The first-order chi connectivity index (χ1) is 5.64. The molecule has 0 bridgehead atoms. The van der Waals surface area contributed by atoms with E-state index < -0.39 is 0 Å². The summed E-state index contributed by atoms with van der Waals surface area (Å²) in [5, 5.41) is 4.39. The lowest BCUT2D eigenvalue weighted by Crippen LogP contribution is -2.40. The van der Waals surface area contributed by atoms with Crippen molar-refractivity contribution in [3.63, 3.8) is 0 Å². The van der Waals surface area contributed by atoms with Crippen LogP contribution in [0.25, 0.3) is 0 Å². The summed E-state index contributed by atoms with van der Waals surface area (Å²) in [7, 11) is 0. The van der Waals surface area contributed by atoms with Gasteiger partial charge in [-0.1, -0.05) is 11.8 Å². The Morgan fingerprint density at radius 3 is 1.77 bits per heavy atom. The Bertz CT molecular complexity index is 184. The lowest BCUT2D eigenvalue weighted by atomic mass is 10.1. The fourth-order valence-corrected chi connectivity index (χ4v) is 1.52. The molecule has 0 aromatic carbocycles. The standard InChI is InChI=1S/C10H22N2S/c1-9(2,3)11-8(13-7)12-10(4,5)6/h1-7H3,(H,11,12). The quantitative estimate of drug-likeness (QED) is 0.482. The summed E-state index contributed by atoms with van der Waals surface area (Å²) >= 11 is 1.66. The molecule has 0 unspecified atom stereocenters. The van der Waals surface area contributed by atoms with E-state index in [1.165, 1.54) is 0 Å². The fourth-order valence-electron chi connectivity index (χ4n) is 0.750. The molecule has 0 aliphatic carbocycles. The summed E-state index contributed by atoms with van der Waals surface area (Å²) < 4.78 is 0. The molecule has 0 rings (SSSR count). The molecule has 13 heavy (non-hydrogen) atoms. The largest absolute Gasteiger partial charge is 0.360 e. The predicted octanol–water partition coefficient (Wildman–Crippen LogP) is 2.89. The first kappa shape index (κ1) is 12.8. The van der Waals surface area contributed by atoms with Crippen molar-refractivity contribution in [1.29, 1.82) is 0 Å². The first-order valence-corrected chi connectivity index (χ1v) is 5.78. The molecule has 3 heteroatoms. The van der Waals surface area contributed by atoms with Crippen molar-refractivity contribution in [2.75, 3.05) is 6.26 Å². The van der Waals surface area contributed by atoms with Crippen LogP contribution in [0.5, 0.6) is 0 Å². The zero-order valence-electron chi connectivity index (χ0n) is 9.86. The van der Waals surface area contributed by atoms with Gasteiger partial charge in [0.2, 0.25) is 0 Å². The lowest BCUT2D eigenvalue weighted by Gasteiger charge is -2.24. The first-order valence-electron chi connectivity index (χ1n) is 4.56. The molecule has 2 nitrogen and oxygen atoms in total. The van der Waals surface area contributed by atoms with Crippen molar-refractivity contribution < 1.29 is 0 Å². The highest BCUT2D eigenvalue weighted by molar-refractivity contribution is 8.13. The maximum absolute atomic E-state index is 4.58. The van der Waals surface area contributed by atoms with E-state index >= 15 is 0 Å². The molecule has 0 aliphatic rings. The highest BCUT2D eigenvalue weighted by atomic mass is 32.2. The van der Waals surface area contributed by atoms with Crippen LogP contribution in [0, 0.1) is 0 Å². The minimum atomic E-state index is -0.00338. The van der Waals surface area contributed by atoms with Gasteiger partial charge in [-0.25, -0.2) is 0 Å². The van der Waals surface area contributed by atoms with E-state index in [1.54, 1.807) is 11.8 Å². The number of aliphatic imine (C=N–C) groups is 1. The van der Waals surface area contributed by atoms with E-state index in [0.29, 0.717) is 0 Å². The lowest BCUT2D eigenvalue weighted by molar-refractivity contribution is 0.506. The molecular formula is C10H22N2S. The molecular weight excluding hydrogens is 180 g/mol. The minimum Gasteiger partial charge on any atom is -0.360 e. The molecule has 0 amide bonds. The van der Waals surface area contributed by atoms with Crippen molar-refractivity contribution in [1.82, 2.24) is 5.32 Å². The zero-order valence-corrected chi connectivity index (χ0v) is 10.7. The maximum Gasteiger partial charge on any atom is 0.157 e. The highest BCUT2D eigenvalue weighted by Gasteiger charge is 2.14. The summed E-state index contributed by atoms with van der Waals surface area (Å²) in [5.74, 6) is 0. The Morgan fingerprint density at radius 2 is 1.54 bits per heavy atom. The monoisotopic (exact) mass is 202 g/mol. The Kier molecular flexibility index (Phi) is 4.30. The summed E-state index contributed by atoms with van der Waals surface area (Å²) in [4.78, 5) is 4.58. The molecule has 0 aromatic rings. The second kappa shape index (κ2) is 4.36. The SMILES string of the molecule is CS/C(=N/C(C)(C)C)NC(C)(C)C. The van der Waals surface area contributed by atoms with E-state index in [4.69, 9.17) is 0 Å². The van der Waals surface area contributed by atoms with Crippen LogP contribution in [0.3, 0.4) is 0 Å². The molecule has 1 N–H and O–H groups in total. The topological polar surface area (TPSA) is 24.4 Å². The van der Waals surface area contributed by atoms with Crippen molar-refractivity contribution in [2.24, 2.45) is 4.99 Å². The number of hydrogen-bond donors (Lipinski definition) is 1. The average molecular weight is 202 g/mol. The molecule has 0 aromatic heterocycles. The van der Waals surface area contributed by atoms with Crippen LogP contribution in [-0.4, -0.2) is 22.5 Å². The molecule has 0 heterocycles. The third-order valence-corrected chi connectivity index (χ3v) is 1.69. The molecule has 78 valence electrons. The van der Waals surface area contributed by atoms with Crippen LogP contribution < -0.4 is 5.32 Å². The van der Waals surface area contributed by atoms with Gasteiger partial charge in [-0.05, 0) is 47.8 Å². The van der Waals surface area contributed by atoms with Crippen LogP contribution >= 0.6 is 11.8 Å². The summed E-state index contributed by atoms with van der Waals surface area (Å²) in [6.45, 7) is 12.7. The van der Waals surface area contributed by atoms with E-state index in [1.807, 2.05) is 6.26 Å². The maximum atomic E-state index is 4.58. The van der Waals surface area contributed by atoms with Crippen molar-refractivity contribution in [3.8, 4) is 0 Å². The molecule has 0 saturated carbocycles. The van der Waals surface area contributed by atoms with Gasteiger partial charge >= 0.3 is 0 Å². The normalized spacial score (nSPS) is 14.5. The van der Waals surface area contributed by atoms with Gasteiger partial charge in [0.1, 0.15) is 0 Å². The van der Waals surface area contributed by atoms with Gasteiger partial charge in [-0.2, -0.15) is 0 Å². The van der Waals surface area contributed by atoms with E-state index in [0.717, 1.165) is 5.17 Å². The number of nitrogens with one attached hydrogen (secondary N) is 1. The Morgan fingerprint density at radius 1 is 1.08 bits per heavy atom. The summed E-state index contributed by atoms with van der Waals surface area (Å²) in [6, 6.07) is 0. The highest BCUT2D eigenvalue weighted by Crippen LogP contribution is 2.12. The number of rotatable bonds is 0. The number of hydrogen-bond acceptors (Lipinski definition) is 2. The summed E-state index contributed by atoms with van der Waals surface area (Å²) in [6.07, 6.45) is 2.04. The van der Waals surface area contributed by atoms with Crippen LogP contribution in [0.1, 0.15) is 41.5 Å². The molecule has 0 spiro atoms. The van der Waals surface area contributed by atoms with Gasteiger partial charge < -0.3 is 5.32 Å². The number of thioether (sulfide) groups is 1. The Hall–Kier alpha value is -0.180. The van der Waals surface area contributed by atoms with Crippen molar-refractivity contribution >= 4 is 16.9 Å². The van der Waals surface area contributed by atoms with Crippen LogP contribution in [0.15, 0.2) is 4.99 Å².